The number of nitrogens with one attached hydrogen (secondary N) is 3. The van der Waals surface area contributed by atoms with Crippen LogP contribution in [0.1, 0.15) is 9.67 Å². The molecule has 0 unspecified atom stereocenters. The number of nitrogens with zero attached hydrogens (tertiary/aromatic N) is 2. The lowest BCUT2D eigenvalue weighted by molar-refractivity contribution is 0.0960. The number of hydrazine groups is 2. The Hall–Kier alpha value is -3.07. The molecule has 0 radical (unpaired) electrons. The number of carbonyl (C=O) groups excluding carboxylic acids is 1. The van der Waals surface area contributed by atoms with Crippen LogP contribution in [0.25, 0.3) is 5.69 Å². The molecule has 0 saturated heterocycles. The molecule has 3 N–H and O–H groups in total. The van der Waals surface area contributed by atoms with Crippen molar-refractivity contribution in [3.63, 3.8) is 0 Å². The van der Waals surface area contributed by atoms with E-state index < -0.39 is 0 Å². The van der Waals surface area contributed by atoms with Gasteiger partial charge in [-0.2, -0.15) is 0 Å². The maximum Gasteiger partial charge on any atom is 0.261 e. The number of carbonyl (C=O) groups is 1. The van der Waals surface area contributed by atoms with Gasteiger partial charge in [0.2, 0.25) is 0 Å². The van der Waals surface area contributed by atoms with Gasteiger partial charge >= 0.3 is 0 Å². The SMILES string of the molecule is O=C(NCC1=CN(c2ccc(-n3ccccc3=O)cc2)NN1)c1ccc(Cl)s1. The van der Waals surface area contributed by atoms with Crippen molar-refractivity contribution < 1.29 is 4.79 Å². The highest BCUT2D eigenvalue weighted by Gasteiger charge is 2.15. The van der Waals surface area contributed by atoms with E-state index in [0.717, 1.165) is 17.1 Å². The van der Waals surface area contributed by atoms with Gasteiger partial charge in [-0.1, -0.05) is 17.7 Å². The maximum absolute atomic E-state index is 12.1. The van der Waals surface area contributed by atoms with E-state index in [9.17, 15) is 9.59 Å². The lowest BCUT2D eigenvalue weighted by Crippen LogP contribution is -2.38. The van der Waals surface area contributed by atoms with Crippen molar-refractivity contribution in [2.24, 2.45) is 0 Å². The highest BCUT2D eigenvalue weighted by atomic mass is 35.5. The van der Waals surface area contributed by atoms with E-state index in [1.807, 2.05) is 36.5 Å². The Morgan fingerprint density at radius 2 is 1.86 bits per heavy atom. The molecule has 0 bridgehead atoms. The molecular weight excluding hydrogens is 398 g/mol. The predicted octanol–water partition coefficient (Wildman–Crippen LogP) is 2.65. The summed E-state index contributed by atoms with van der Waals surface area (Å²) in [5.74, 6) is -0.171. The second-order valence-corrected chi connectivity index (χ2v) is 7.69. The average molecular weight is 414 g/mol. The van der Waals surface area contributed by atoms with E-state index in [-0.39, 0.29) is 11.5 Å². The van der Waals surface area contributed by atoms with Crippen LogP contribution in [0.2, 0.25) is 4.34 Å². The Balaban J connectivity index is 1.40. The quantitative estimate of drug-likeness (QED) is 0.599. The minimum absolute atomic E-state index is 0.0823. The van der Waals surface area contributed by atoms with E-state index in [0.29, 0.717) is 15.8 Å². The molecule has 0 aliphatic carbocycles. The number of benzene rings is 1. The summed E-state index contributed by atoms with van der Waals surface area (Å²) >= 11 is 7.10. The van der Waals surface area contributed by atoms with E-state index in [1.54, 1.807) is 34.0 Å². The summed E-state index contributed by atoms with van der Waals surface area (Å²) in [4.78, 5) is 24.6. The molecule has 2 aromatic heterocycles. The fourth-order valence-electron chi connectivity index (χ4n) is 2.69. The Bertz CT molecular complexity index is 1090. The second-order valence-electron chi connectivity index (χ2n) is 5.97. The zero-order valence-corrected chi connectivity index (χ0v) is 16.1. The molecule has 3 aromatic rings. The first-order chi connectivity index (χ1) is 13.6. The van der Waals surface area contributed by atoms with Crippen LogP contribution in [0.15, 0.2) is 77.5 Å². The van der Waals surface area contributed by atoms with Crippen LogP contribution >= 0.6 is 22.9 Å². The number of amides is 1. The summed E-state index contributed by atoms with van der Waals surface area (Å²) in [6.45, 7) is 0.343. The van der Waals surface area contributed by atoms with Crippen molar-refractivity contribution in [3.05, 3.63) is 92.3 Å². The molecular formula is C19H16ClN5O2S. The Morgan fingerprint density at radius 1 is 1.07 bits per heavy atom. The first-order valence-corrected chi connectivity index (χ1v) is 9.63. The van der Waals surface area contributed by atoms with Crippen molar-refractivity contribution in [2.75, 3.05) is 11.6 Å². The van der Waals surface area contributed by atoms with Gasteiger partial charge in [0, 0.05) is 24.2 Å². The molecule has 4 rings (SSSR count). The molecule has 0 spiro atoms. The predicted molar refractivity (Wildman–Crippen MR) is 111 cm³/mol. The van der Waals surface area contributed by atoms with Crippen LogP contribution in [0.4, 0.5) is 5.69 Å². The molecule has 142 valence electrons. The highest BCUT2D eigenvalue weighted by molar-refractivity contribution is 7.17. The van der Waals surface area contributed by atoms with Gasteiger partial charge in [0.1, 0.15) is 0 Å². The van der Waals surface area contributed by atoms with Crippen molar-refractivity contribution in [3.8, 4) is 5.69 Å². The van der Waals surface area contributed by atoms with E-state index in [2.05, 4.69) is 16.3 Å². The Morgan fingerprint density at radius 3 is 2.57 bits per heavy atom. The molecule has 9 heteroatoms. The molecule has 28 heavy (non-hydrogen) atoms. The van der Waals surface area contributed by atoms with Crippen LogP contribution < -0.4 is 26.8 Å². The summed E-state index contributed by atoms with van der Waals surface area (Å²) in [6.07, 6.45) is 3.58. The van der Waals surface area contributed by atoms with Crippen LogP contribution in [0, 0.1) is 0 Å². The molecule has 1 aromatic carbocycles. The van der Waals surface area contributed by atoms with Crippen molar-refractivity contribution in [1.82, 2.24) is 20.8 Å². The topological polar surface area (TPSA) is 78.4 Å². The number of halogens is 1. The molecule has 7 nitrogen and oxygen atoms in total. The number of aromatic nitrogens is 1. The van der Waals surface area contributed by atoms with Gasteiger partial charge in [-0.25, -0.2) is 0 Å². The van der Waals surface area contributed by atoms with Crippen molar-refractivity contribution in [2.45, 2.75) is 0 Å². The second kappa shape index (κ2) is 7.89. The van der Waals surface area contributed by atoms with Crippen LogP contribution in [0.3, 0.4) is 0 Å². The standard InChI is InChI=1S/C19H16ClN5O2S/c20-17-9-8-16(28-17)19(27)21-11-13-12-25(23-22-13)15-6-4-14(5-7-15)24-10-2-1-3-18(24)26/h1-10,12,22-23H,11H2,(H,21,27). The van der Waals surface area contributed by atoms with Crippen molar-refractivity contribution >= 4 is 34.5 Å². The van der Waals surface area contributed by atoms with E-state index in [1.165, 1.54) is 17.4 Å². The van der Waals surface area contributed by atoms with Gasteiger partial charge in [-0.3, -0.25) is 19.2 Å². The van der Waals surface area contributed by atoms with Gasteiger partial charge in [-0.05, 0) is 42.5 Å². The number of rotatable bonds is 5. The lowest BCUT2D eigenvalue weighted by Gasteiger charge is -2.15. The van der Waals surface area contributed by atoms with Crippen LogP contribution in [0.5, 0.6) is 0 Å². The third-order valence-electron chi connectivity index (χ3n) is 4.09. The highest BCUT2D eigenvalue weighted by Crippen LogP contribution is 2.21. The van der Waals surface area contributed by atoms with Crippen LogP contribution in [-0.4, -0.2) is 17.0 Å². The summed E-state index contributed by atoms with van der Waals surface area (Å²) in [5, 5.41) is 4.63. The minimum Gasteiger partial charge on any atom is -0.346 e. The third-order valence-corrected chi connectivity index (χ3v) is 5.32. The largest absolute Gasteiger partial charge is 0.346 e. The first-order valence-electron chi connectivity index (χ1n) is 8.43. The van der Waals surface area contributed by atoms with Crippen molar-refractivity contribution in [1.29, 1.82) is 0 Å². The molecule has 1 aliphatic heterocycles. The number of pyridine rings is 1. The Labute approximate surface area is 169 Å². The minimum atomic E-state index is -0.171. The van der Waals surface area contributed by atoms with Gasteiger partial charge in [0.05, 0.1) is 27.1 Å². The number of hydrogen-bond acceptors (Lipinski definition) is 6. The molecule has 0 saturated carbocycles. The van der Waals surface area contributed by atoms with E-state index >= 15 is 0 Å². The fourth-order valence-corrected chi connectivity index (χ4v) is 3.65. The van der Waals surface area contributed by atoms with Gasteiger partial charge in [0.25, 0.3) is 11.5 Å². The summed E-state index contributed by atoms with van der Waals surface area (Å²) in [6, 6.07) is 16.0. The zero-order chi connectivity index (χ0) is 19.5. The van der Waals surface area contributed by atoms with Crippen LogP contribution in [-0.2, 0) is 0 Å². The molecule has 1 amide bonds. The summed E-state index contributed by atoms with van der Waals surface area (Å²) < 4.78 is 2.16. The van der Waals surface area contributed by atoms with Gasteiger partial charge in [0.15, 0.2) is 0 Å². The molecule has 0 atom stereocenters. The zero-order valence-electron chi connectivity index (χ0n) is 14.6. The maximum atomic E-state index is 12.1. The smallest absolute Gasteiger partial charge is 0.261 e. The normalized spacial score (nSPS) is 13.2. The Kier molecular flexibility index (Phi) is 5.16. The summed E-state index contributed by atoms with van der Waals surface area (Å²) in [5.41, 5.74) is 8.42. The summed E-state index contributed by atoms with van der Waals surface area (Å²) in [7, 11) is 0. The van der Waals surface area contributed by atoms with Gasteiger partial charge in [-0.15, -0.1) is 16.9 Å². The molecule has 0 fully saturated rings. The third kappa shape index (κ3) is 3.94. The lowest BCUT2D eigenvalue weighted by atomic mass is 10.2. The number of anilines is 1. The number of thiophene rings is 1. The first kappa shape index (κ1) is 18.3. The molecule has 1 aliphatic rings. The fraction of sp³-hybridized carbons (Fsp3) is 0.0526. The molecule has 3 heterocycles. The van der Waals surface area contributed by atoms with E-state index in [4.69, 9.17) is 11.6 Å². The number of hydrogen-bond donors (Lipinski definition) is 3. The van der Waals surface area contributed by atoms with Gasteiger partial charge < -0.3 is 10.7 Å². The monoisotopic (exact) mass is 413 g/mol. The average Bonchev–Trinajstić information content (AvgIpc) is 3.36.